The molecule has 23 heavy (non-hydrogen) atoms. The van der Waals surface area contributed by atoms with Gasteiger partial charge in [0.1, 0.15) is 11.3 Å². The van der Waals surface area contributed by atoms with Gasteiger partial charge in [-0.25, -0.2) is 13.1 Å². The molecule has 2 atom stereocenters. The molecule has 3 rings (SSSR count). The van der Waals surface area contributed by atoms with Gasteiger partial charge in [-0.3, -0.25) is 4.79 Å². The van der Waals surface area contributed by atoms with Gasteiger partial charge in [-0.15, -0.1) is 0 Å². The van der Waals surface area contributed by atoms with Crippen LogP contribution < -0.4 is 4.72 Å². The zero-order valence-corrected chi connectivity index (χ0v) is 14.5. The molecule has 1 saturated heterocycles. The van der Waals surface area contributed by atoms with Gasteiger partial charge in [0.2, 0.25) is 10.0 Å². The SMILES string of the molecule is CCc1noc(C)c1C(=O)N1C[C@@H](NS(C)(=O)=O)[C@H](C2CC2)C1. The van der Waals surface area contributed by atoms with Crippen molar-refractivity contribution >= 4 is 15.9 Å². The summed E-state index contributed by atoms with van der Waals surface area (Å²) in [6.45, 7) is 4.66. The summed E-state index contributed by atoms with van der Waals surface area (Å²) in [5.41, 5.74) is 1.19. The van der Waals surface area contributed by atoms with E-state index in [1.165, 1.54) is 6.26 Å². The number of likely N-dealkylation sites (tertiary alicyclic amines) is 1. The Bertz CT molecular complexity index is 708. The van der Waals surface area contributed by atoms with E-state index in [1.54, 1.807) is 11.8 Å². The standard InChI is InChI=1S/C15H23N3O4S/c1-4-12-14(9(2)22-16-12)15(19)18-7-11(10-5-6-10)13(8-18)17-23(3,20)21/h10-11,13,17H,4-8H2,1-3H3/t11-,13+/m0/s1. The lowest BCUT2D eigenvalue weighted by molar-refractivity contribution is 0.0781. The number of sulfonamides is 1. The summed E-state index contributed by atoms with van der Waals surface area (Å²) in [7, 11) is -3.29. The minimum atomic E-state index is -3.29. The highest BCUT2D eigenvalue weighted by Crippen LogP contribution is 2.42. The maximum Gasteiger partial charge on any atom is 0.259 e. The van der Waals surface area contributed by atoms with Gasteiger partial charge in [0.15, 0.2) is 0 Å². The van der Waals surface area contributed by atoms with Crippen LogP contribution in [0, 0.1) is 18.8 Å². The van der Waals surface area contributed by atoms with Crippen LogP contribution in [0.15, 0.2) is 4.52 Å². The first-order chi connectivity index (χ1) is 10.8. The summed E-state index contributed by atoms with van der Waals surface area (Å²) in [5.74, 6) is 1.12. The van der Waals surface area contributed by atoms with Crippen molar-refractivity contribution < 1.29 is 17.7 Å². The van der Waals surface area contributed by atoms with Crippen molar-refractivity contribution in [3.05, 3.63) is 17.0 Å². The van der Waals surface area contributed by atoms with Crippen molar-refractivity contribution in [2.45, 2.75) is 39.2 Å². The highest BCUT2D eigenvalue weighted by molar-refractivity contribution is 7.88. The number of aryl methyl sites for hydroxylation is 2. The number of amides is 1. The van der Waals surface area contributed by atoms with Crippen LogP contribution in [-0.2, 0) is 16.4 Å². The van der Waals surface area contributed by atoms with Crippen LogP contribution in [0.4, 0.5) is 0 Å². The van der Waals surface area contributed by atoms with E-state index in [2.05, 4.69) is 9.88 Å². The minimum Gasteiger partial charge on any atom is -0.361 e. The van der Waals surface area contributed by atoms with Gasteiger partial charge in [-0.2, -0.15) is 0 Å². The first kappa shape index (κ1) is 16.4. The van der Waals surface area contributed by atoms with Crippen LogP contribution in [0.1, 0.15) is 41.6 Å². The fourth-order valence-electron chi connectivity index (χ4n) is 3.49. The molecule has 7 nitrogen and oxygen atoms in total. The highest BCUT2D eigenvalue weighted by Gasteiger charge is 2.45. The molecule has 8 heteroatoms. The van der Waals surface area contributed by atoms with Gasteiger partial charge in [0.05, 0.1) is 11.9 Å². The lowest BCUT2D eigenvalue weighted by Gasteiger charge is -2.17. The second kappa shape index (κ2) is 5.90. The Morgan fingerprint density at radius 1 is 1.39 bits per heavy atom. The highest BCUT2D eigenvalue weighted by atomic mass is 32.2. The molecule has 2 fully saturated rings. The monoisotopic (exact) mass is 341 g/mol. The van der Waals surface area contributed by atoms with E-state index in [0.717, 1.165) is 12.8 Å². The van der Waals surface area contributed by atoms with E-state index >= 15 is 0 Å². The first-order valence-electron chi connectivity index (χ1n) is 8.02. The number of rotatable bonds is 5. The lowest BCUT2D eigenvalue weighted by Crippen LogP contribution is -2.41. The molecular formula is C15H23N3O4S. The van der Waals surface area contributed by atoms with E-state index in [9.17, 15) is 13.2 Å². The Labute approximate surface area is 136 Å². The molecule has 1 N–H and O–H groups in total. The topological polar surface area (TPSA) is 92.5 Å². The zero-order valence-electron chi connectivity index (χ0n) is 13.7. The average molecular weight is 341 g/mol. The Balaban J connectivity index is 1.81. The summed E-state index contributed by atoms with van der Waals surface area (Å²) in [6, 6.07) is -0.202. The first-order valence-corrected chi connectivity index (χ1v) is 9.91. The van der Waals surface area contributed by atoms with Crippen LogP contribution in [0.25, 0.3) is 0 Å². The summed E-state index contributed by atoms with van der Waals surface area (Å²) >= 11 is 0. The van der Waals surface area contributed by atoms with Gasteiger partial charge in [0.25, 0.3) is 5.91 Å². The molecule has 1 amide bonds. The maximum atomic E-state index is 12.9. The number of nitrogens with zero attached hydrogens (tertiary/aromatic N) is 2. The second-order valence-electron chi connectivity index (χ2n) is 6.62. The zero-order chi connectivity index (χ0) is 16.8. The predicted molar refractivity (Wildman–Crippen MR) is 84.5 cm³/mol. The van der Waals surface area contributed by atoms with Crippen LogP contribution in [-0.4, -0.2) is 49.8 Å². The third-order valence-electron chi connectivity index (χ3n) is 4.73. The molecular weight excluding hydrogens is 318 g/mol. The molecule has 1 saturated carbocycles. The normalized spacial score (nSPS) is 25.1. The van der Waals surface area contributed by atoms with E-state index < -0.39 is 10.0 Å². The van der Waals surface area contributed by atoms with Crippen LogP contribution in [0.2, 0.25) is 0 Å². The number of carbonyl (C=O) groups is 1. The molecule has 0 spiro atoms. The van der Waals surface area contributed by atoms with Gasteiger partial charge < -0.3 is 9.42 Å². The van der Waals surface area contributed by atoms with Crippen molar-refractivity contribution in [2.24, 2.45) is 11.8 Å². The quantitative estimate of drug-likeness (QED) is 0.860. The molecule has 128 valence electrons. The van der Waals surface area contributed by atoms with Crippen LogP contribution >= 0.6 is 0 Å². The molecule has 0 unspecified atom stereocenters. The summed E-state index contributed by atoms with van der Waals surface area (Å²) in [4.78, 5) is 14.6. The Kier molecular flexibility index (Phi) is 4.22. The number of nitrogens with one attached hydrogen (secondary N) is 1. The molecule has 0 bridgehead atoms. The molecule has 1 aromatic heterocycles. The van der Waals surface area contributed by atoms with Gasteiger partial charge in [-0.1, -0.05) is 12.1 Å². The third kappa shape index (κ3) is 3.42. The molecule has 2 aliphatic rings. The summed E-state index contributed by atoms with van der Waals surface area (Å²) in [6.07, 6.45) is 4.02. The third-order valence-corrected chi connectivity index (χ3v) is 5.46. The second-order valence-corrected chi connectivity index (χ2v) is 8.40. The lowest BCUT2D eigenvalue weighted by atomic mass is 9.99. The number of hydrogen-bond acceptors (Lipinski definition) is 5. The number of aromatic nitrogens is 1. The van der Waals surface area contributed by atoms with Crippen molar-refractivity contribution in [3.63, 3.8) is 0 Å². The predicted octanol–water partition coefficient (Wildman–Crippen LogP) is 0.945. The largest absolute Gasteiger partial charge is 0.361 e. The van der Waals surface area contributed by atoms with E-state index in [1.807, 2.05) is 6.92 Å². The average Bonchev–Trinajstić information content (AvgIpc) is 3.12. The molecule has 1 aromatic rings. The smallest absolute Gasteiger partial charge is 0.259 e. The van der Waals surface area contributed by atoms with Crippen molar-refractivity contribution in [1.29, 1.82) is 0 Å². The number of hydrogen-bond donors (Lipinski definition) is 1. The molecule has 2 heterocycles. The van der Waals surface area contributed by atoms with Gasteiger partial charge in [-0.05, 0) is 38.0 Å². The fraction of sp³-hybridized carbons (Fsp3) is 0.733. The van der Waals surface area contributed by atoms with E-state index in [0.29, 0.717) is 42.4 Å². The molecule has 1 aliphatic carbocycles. The van der Waals surface area contributed by atoms with Gasteiger partial charge >= 0.3 is 0 Å². The van der Waals surface area contributed by atoms with E-state index in [4.69, 9.17) is 4.52 Å². The molecule has 0 aromatic carbocycles. The van der Waals surface area contributed by atoms with Crippen LogP contribution in [0.3, 0.4) is 0 Å². The van der Waals surface area contributed by atoms with E-state index in [-0.39, 0.29) is 17.9 Å². The Morgan fingerprint density at radius 3 is 2.65 bits per heavy atom. The maximum absolute atomic E-state index is 12.9. The van der Waals surface area contributed by atoms with Crippen LogP contribution in [0.5, 0.6) is 0 Å². The molecule has 0 radical (unpaired) electrons. The Morgan fingerprint density at radius 2 is 2.09 bits per heavy atom. The molecule has 1 aliphatic heterocycles. The van der Waals surface area contributed by atoms with Gasteiger partial charge in [0, 0.05) is 19.1 Å². The van der Waals surface area contributed by atoms with Crippen molar-refractivity contribution in [1.82, 2.24) is 14.8 Å². The number of carbonyl (C=O) groups excluding carboxylic acids is 1. The Hall–Kier alpha value is -1.41. The fourth-order valence-corrected chi connectivity index (χ4v) is 4.29. The summed E-state index contributed by atoms with van der Waals surface area (Å²) < 4.78 is 31.0. The summed E-state index contributed by atoms with van der Waals surface area (Å²) in [5, 5.41) is 3.94. The minimum absolute atomic E-state index is 0.107. The van der Waals surface area contributed by atoms with Crippen molar-refractivity contribution in [3.8, 4) is 0 Å². The van der Waals surface area contributed by atoms with Crippen molar-refractivity contribution in [2.75, 3.05) is 19.3 Å².